The standard InChI is InChI=1S/C16H17BrClN/c1-10-4-5-11(2)15(6-10)16(19-3)12-7-13(17)9-14(18)8-12/h4-9,16,19H,1-3H3. The smallest absolute Gasteiger partial charge is 0.0577 e. The van der Waals surface area contributed by atoms with Crippen LogP contribution in [0.25, 0.3) is 0 Å². The molecule has 0 fully saturated rings. The van der Waals surface area contributed by atoms with Gasteiger partial charge in [-0.15, -0.1) is 0 Å². The molecule has 2 aromatic carbocycles. The van der Waals surface area contributed by atoms with Crippen LogP contribution in [0.3, 0.4) is 0 Å². The fourth-order valence-electron chi connectivity index (χ4n) is 2.31. The lowest BCUT2D eigenvalue weighted by Gasteiger charge is -2.20. The van der Waals surface area contributed by atoms with E-state index in [-0.39, 0.29) is 6.04 Å². The monoisotopic (exact) mass is 337 g/mol. The SMILES string of the molecule is CNC(c1cc(Cl)cc(Br)c1)c1cc(C)ccc1C. The van der Waals surface area contributed by atoms with Gasteiger partial charge < -0.3 is 5.32 Å². The predicted octanol–water partition coefficient (Wildman–Crippen LogP) is 5.03. The molecule has 0 aliphatic rings. The van der Waals surface area contributed by atoms with Crippen molar-refractivity contribution in [3.63, 3.8) is 0 Å². The maximum Gasteiger partial charge on any atom is 0.0577 e. The highest BCUT2D eigenvalue weighted by atomic mass is 79.9. The van der Waals surface area contributed by atoms with Crippen molar-refractivity contribution in [2.75, 3.05) is 7.05 Å². The van der Waals surface area contributed by atoms with Gasteiger partial charge in [-0.2, -0.15) is 0 Å². The van der Waals surface area contributed by atoms with Gasteiger partial charge in [-0.1, -0.05) is 51.3 Å². The van der Waals surface area contributed by atoms with Crippen LogP contribution in [0, 0.1) is 13.8 Å². The van der Waals surface area contributed by atoms with Gasteiger partial charge in [-0.05, 0) is 55.8 Å². The zero-order valence-corrected chi connectivity index (χ0v) is 13.6. The van der Waals surface area contributed by atoms with Crippen molar-refractivity contribution >= 4 is 27.5 Å². The van der Waals surface area contributed by atoms with Crippen molar-refractivity contribution in [1.82, 2.24) is 5.32 Å². The number of rotatable bonds is 3. The zero-order valence-electron chi connectivity index (χ0n) is 11.3. The van der Waals surface area contributed by atoms with Gasteiger partial charge in [0, 0.05) is 9.50 Å². The van der Waals surface area contributed by atoms with Gasteiger partial charge in [0.05, 0.1) is 6.04 Å². The molecule has 0 saturated carbocycles. The van der Waals surface area contributed by atoms with E-state index in [1.807, 2.05) is 19.2 Å². The molecule has 2 aromatic rings. The van der Waals surface area contributed by atoms with Gasteiger partial charge in [0.15, 0.2) is 0 Å². The second-order valence-electron chi connectivity index (χ2n) is 4.78. The van der Waals surface area contributed by atoms with Crippen molar-refractivity contribution in [1.29, 1.82) is 0 Å². The lowest BCUT2D eigenvalue weighted by atomic mass is 9.94. The van der Waals surface area contributed by atoms with E-state index in [0.29, 0.717) is 0 Å². The summed E-state index contributed by atoms with van der Waals surface area (Å²) in [5, 5.41) is 4.12. The molecule has 1 nitrogen and oxygen atoms in total. The predicted molar refractivity (Wildman–Crippen MR) is 86.0 cm³/mol. The molecule has 0 bridgehead atoms. The average molecular weight is 339 g/mol. The molecule has 19 heavy (non-hydrogen) atoms. The quantitative estimate of drug-likeness (QED) is 0.828. The Bertz CT molecular complexity index is 575. The Labute approximate surface area is 128 Å². The largest absolute Gasteiger partial charge is 0.309 e. The number of hydrogen-bond donors (Lipinski definition) is 1. The highest BCUT2D eigenvalue weighted by Crippen LogP contribution is 2.29. The molecular formula is C16H17BrClN. The van der Waals surface area contributed by atoms with Crippen LogP contribution in [0.4, 0.5) is 0 Å². The molecule has 0 aliphatic carbocycles. The van der Waals surface area contributed by atoms with Crippen molar-refractivity contribution < 1.29 is 0 Å². The second kappa shape index (κ2) is 6.08. The first-order valence-corrected chi connectivity index (χ1v) is 7.39. The molecule has 0 aromatic heterocycles. The fourth-order valence-corrected chi connectivity index (χ4v) is 3.20. The van der Waals surface area contributed by atoms with E-state index < -0.39 is 0 Å². The summed E-state index contributed by atoms with van der Waals surface area (Å²) in [6, 6.07) is 12.7. The van der Waals surface area contributed by atoms with Crippen molar-refractivity contribution in [2.24, 2.45) is 0 Å². The molecule has 100 valence electrons. The number of aryl methyl sites for hydroxylation is 2. The van der Waals surface area contributed by atoms with Gasteiger partial charge in [0.1, 0.15) is 0 Å². The van der Waals surface area contributed by atoms with E-state index in [4.69, 9.17) is 11.6 Å². The maximum atomic E-state index is 6.15. The molecule has 1 unspecified atom stereocenters. The summed E-state index contributed by atoms with van der Waals surface area (Å²) < 4.78 is 1.00. The number of hydrogen-bond acceptors (Lipinski definition) is 1. The summed E-state index contributed by atoms with van der Waals surface area (Å²) in [5.41, 5.74) is 5.00. The van der Waals surface area contributed by atoms with Crippen molar-refractivity contribution in [2.45, 2.75) is 19.9 Å². The maximum absolute atomic E-state index is 6.15. The Morgan fingerprint density at radius 1 is 1.11 bits per heavy atom. The minimum Gasteiger partial charge on any atom is -0.309 e. The van der Waals surface area contributed by atoms with Gasteiger partial charge in [-0.3, -0.25) is 0 Å². The molecular weight excluding hydrogens is 322 g/mol. The highest BCUT2D eigenvalue weighted by Gasteiger charge is 2.15. The van der Waals surface area contributed by atoms with E-state index in [1.54, 1.807) is 0 Å². The molecule has 0 heterocycles. The van der Waals surface area contributed by atoms with Crippen LogP contribution < -0.4 is 5.32 Å². The van der Waals surface area contributed by atoms with Crippen LogP contribution in [0.2, 0.25) is 5.02 Å². The van der Waals surface area contributed by atoms with Crippen molar-refractivity contribution in [3.05, 3.63) is 68.1 Å². The first-order chi connectivity index (χ1) is 9.01. The highest BCUT2D eigenvalue weighted by molar-refractivity contribution is 9.10. The number of halogens is 2. The Morgan fingerprint density at radius 3 is 2.47 bits per heavy atom. The minimum atomic E-state index is 0.148. The fraction of sp³-hybridized carbons (Fsp3) is 0.250. The van der Waals surface area contributed by atoms with E-state index in [2.05, 4.69) is 59.4 Å². The molecule has 0 spiro atoms. The summed E-state index contributed by atoms with van der Waals surface area (Å²) in [5.74, 6) is 0. The van der Waals surface area contributed by atoms with Crippen LogP contribution in [-0.4, -0.2) is 7.05 Å². The lowest BCUT2D eigenvalue weighted by Crippen LogP contribution is -2.18. The summed E-state index contributed by atoms with van der Waals surface area (Å²) in [4.78, 5) is 0. The minimum absolute atomic E-state index is 0.148. The van der Waals surface area contributed by atoms with Gasteiger partial charge in [0.25, 0.3) is 0 Å². The first kappa shape index (κ1) is 14.6. The van der Waals surface area contributed by atoms with Crippen LogP contribution >= 0.6 is 27.5 Å². The molecule has 3 heteroatoms. The molecule has 0 amide bonds. The average Bonchev–Trinajstić information content (AvgIpc) is 2.33. The third kappa shape index (κ3) is 3.38. The number of benzene rings is 2. The molecule has 1 N–H and O–H groups in total. The molecule has 0 aliphatic heterocycles. The van der Waals surface area contributed by atoms with Crippen LogP contribution in [0.1, 0.15) is 28.3 Å². The van der Waals surface area contributed by atoms with Crippen LogP contribution in [-0.2, 0) is 0 Å². The summed E-state index contributed by atoms with van der Waals surface area (Å²) >= 11 is 9.66. The topological polar surface area (TPSA) is 12.0 Å². The van der Waals surface area contributed by atoms with Crippen LogP contribution in [0.5, 0.6) is 0 Å². The molecule has 2 rings (SSSR count). The summed E-state index contributed by atoms with van der Waals surface area (Å²) in [6.07, 6.45) is 0. The lowest BCUT2D eigenvalue weighted by molar-refractivity contribution is 0.686. The third-order valence-electron chi connectivity index (χ3n) is 3.25. The second-order valence-corrected chi connectivity index (χ2v) is 6.14. The van der Waals surface area contributed by atoms with E-state index in [9.17, 15) is 0 Å². The van der Waals surface area contributed by atoms with E-state index in [1.165, 1.54) is 16.7 Å². The van der Waals surface area contributed by atoms with E-state index >= 15 is 0 Å². The van der Waals surface area contributed by atoms with E-state index in [0.717, 1.165) is 15.1 Å². The van der Waals surface area contributed by atoms with Gasteiger partial charge in [0.2, 0.25) is 0 Å². The molecule has 1 atom stereocenters. The van der Waals surface area contributed by atoms with Gasteiger partial charge >= 0.3 is 0 Å². The zero-order chi connectivity index (χ0) is 14.0. The third-order valence-corrected chi connectivity index (χ3v) is 3.93. The van der Waals surface area contributed by atoms with Gasteiger partial charge in [-0.25, -0.2) is 0 Å². The Kier molecular flexibility index (Phi) is 4.67. The Balaban J connectivity index is 2.52. The summed E-state index contributed by atoms with van der Waals surface area (Å²) in [7, 11) is 1.97. The van der Waals surface area contributed by atoms with Crippen molar-refractivity contribution in [3.8, 4) is 0 Å². The summed E-state index contributed by atoms with van der Waals surface area (Å²) in [6.45, 7) is 4.25. The van der Waals surface area contributed by atoms with Crippen LogP contribution in [0.15, 0.2) is 40.9 Å². The molecule has 0 radical (unpaired) electrons. The normalized spacial score (nSPS) is 12.5. The Morgan fingerprint density at radius 2 is 1.84 bits per heavy atom. The first-order valence-electron chi connectivity index (χ1n) is 6.21. The Hall–Kier alpha value is -0.830. The number of nitrogens with one attached hydrogen (secondary N) is 1. The molecule has 0 saturated heterocycles.